The highest BCUT2D eigenvalue weighted by Gasteiger charge is 2.34. The molecule has 2 heterocycles. The molecule has 0 bridgehead atoms. The molecule has 21 heavy (non-hydrogen) atoms. The van der Waals surface area contributed by atoms with Crippen LogP contribution in [0.2, 0.25) is 0 Å². The minimum atomic E-state index is -0.293. The van der Waals surface area contributed by atoms with Crippen molar-refractivity contribution in [1.29, 1.82) is 0 Å². The summed E-state index contributed by atoms with van der Waals surface area (Å²) in [4.78, 5) is 14.6. The van der Waals surface area contributed by atoms with E-state index in [1.165, 1.54) is 23.9 Å². The van der Waals surface area contributed by atoms with E-state index in [0.29, 0.717) is 15.8 Å². The number of amides is 1. The first-order chi connectivity index (χ1) is 10.1. The number of nitrogens with zero attached hydrogens (tertiary/aromatic N) is 1. The quantitative estimate of drug-likeness (QED) is 0.631. The van der Waals surface area contributed by atoms with Crippen LogP contribution in [0.5, 0.6) is 0 Å². The first-order valence-electron chi connectivity index (χ1n) is 6.76. The van der Waals surface area contributed by atoms with E-state index >= 15 is 0 Å². The van der Waals surface area contributed by atoms with Crippen molar-refractivity contribution in [1.82, 2.24) is 4.90 Å². The second-order valence-corrected chi connectivity index (χ2v) is 6.65. The minimum Gasteiger partial charge on any atom is -0.376 e. The van der Waals surface area contributed by atoms with Gasteiger partial charge < -0.3 is 4.74 Å². The molecule has 2 aliphatic rings. The van der Waals surface area contributed by atoms with Gasteiger partial charge >= 0.3 is 0 Å². The van der Waals surface area contributed by atoms with Crippen molar-refractivity contribution in [2.24, 2.45) is 0 Å². The van der Waals surface area contributed by atoms with Crippen LogP contribution in [0.4, 0.5) is 4.39 Å². The highest BCUT2D eigenvalue weighted by atomic mass is 32.2. The molecule has 2 saturated heterocycles. The van der Waals surface area contributed by atoms with Crippen molar-refractivity contribution < 1.29 is 13.9 Å². The van der Waals surface area contributed by atoms with Gasteiger partial charge in [0.1, 0.15) is 10.1 Å². The van der Waals surface area contributed by atoms with Gasteiger partial charge in [-0.05, 0) is 36.6 Å². The molecule has 110 valence electrons. The number of carbonyl (C=O) groups excluding carboxylic acids is 1. The number of rotatable bonds is 3. The largest absolute Gasteiger partial charge is 0.376 e. The van der Waals surface area contributed by atoms with E-state index in [0.717, 1.165) is 25.0 Å². The average Bonchev–Trinajstić information content (AvgIpc) is 3.06. The smallest absolute Gasteiger partial charge is 0.266 e. The van der Waals surface area contributed by atoms with Crippen LogP contribution in [0, 0.1) is 5.82 Å². The highest BCUT2D eigenvalue weighted by molar-refractivity contribution is 8.26. The van der Waals surface area contributed by atoms with Crippen LogP contribution in [0.3, 0.4) is 0 Å². The van der Waals surface area contributed by atoms with Gasteiger partial charge in [-0.2, -0.15) is 0 Å². The Morgan fingerprint density at radius 1 is 1.43 bits per heavy atom. The van der Waals surface area contributed by atoms with Gasteiger partial charge in [0.05, 0.1) is 17.6 Å². The Labute approximate surface area is 132 Å². The third-order valence-electron chi connectivity index (χ3n) is 3.45. The lowest BCUT2D eigenvalue weighted by atomic mass is 10.2. The van der Waals surface area contributed by atoms with E-state index in [4.69, 9.17) is 17.0 Å². The molecule has 3 rings (SSSR count). The molecule has 2 fully saturated rings. The molecule has 3 nitrogen and oxygen atoms in total. The normalized spacial score (nSPS) is 24.3. The maximum Gasteiger partial charge on any atom is 0.266 e. The van der Waals surface area contributed by atoms with E-state index in [9.17, 15) is 9.18 Å². The third-order valence-corrected chi connectivity index (χ3v) is 4.83. The van der Waals surface area contributed by atoms with Crippen LogP contribution >= 0.6 is 24.0 Å². The molecule has 1 unspecified atom stereocenters. The molecule has 0 N–H and O–H groups in total. The van der Waals surface area contributed by atoms with Gasteiger partial charge in [0, 0.05) is 6.61 Å². The number of thiocarbonyl (C=S) groups is 1. The molecule has 2 aliphatic heterocycles. The second kappa shape index (κ2) is 6.25. The lowest BCUT2D eigenvalue weighted by Gasteiger charge is -2.18. The van der Waals surface area contributed by atoms with Crippen LogP contribution in [0.15, 0.2) is 29.2 Å². The second-order valence-electron chi connectivity index (χ2n) is 4.98. The van der Waals surface area contributed by atoms with E-state index in [1.54, 1.807) is 23.1 Å². The first-order valence-corrected chi connectivity index (χ1v) is 7.98. The summed E-state index contributed by atoms with van der Waals surface area (Å²) in [5.41, 5.74) is 0.786. The number of hydrogen-bond donors (Lipinski definition) is 0. The molecule has 1 aromatic carbocycles. The van der Waals surface area contributed by atoms with Gasteiger partial charge in [-0.25, -0.2) is 4.39 Å². The maximum atomic E-state index is 12.9. The monoisotopic (exact) mass is 323 g/mol. The summed E-state index contributed by atoms with van der Waals surface area (Å²) in [7, 11) is 0. The van der Waals surface area contributed by atoms with Crippen LogP contribution in [0.25, 0.3) is 6.08 Å². The van der Waals surface area contributed by atoms with Crippen LogP contribution in [-0.2, 0) is 9.53 Å². The number of carbonyl (C=O) groups is 1. The molecule has 1 atom stereocenters. The molecular formula is C15H14FNO2S2. The zero-order chi connectivity index (χ0) is 14.8. The summed E-state index contributed by atoms with van der Waals surface area (Å²) in [5, 5.41) is 0. The van der Waals surface area contributed by atoms with Crippen molar-refractivity contribution in [3.8, 4) is 0 Å². The van der Waals surface area contributed by atoms with Crippen LogP contribution < -0.4 is 0 Å². The van der Waals surface area contributed by atoms with E-state index < -0.39 is 0 Å². The van der Waals surface area contributed by atoms with Crippen molar-refractivity contribution in [2.75, 3.05) is 13.2 Å². The Morgan fingerprint density at radius 3 is 2.86 bits per heavy atom. The zero-order valence-corrected chi connectivity index (χ0v) is 12.9. The van der Waals surface area contributed by atoms with Crippen molar-refractivity contribution >= 4 is 40.3 Å². The Kier molecular flexibility index (Phi) is 4.37. The molecule has 6 heteroatoms. The summed E-state index contributed by atoms with van der Waals surface area (Å²) in [5.74, 6) is -0.386. The zero-order valence-electron chi connectivity index (χ0n) is 11.3. The standard InChI is InChI=1S/C15H14FNO2S2/c16-11-5-3-10(4-6-11)8-13-14(18)17(15(20)21-13)9-12-2-1-7-19-12/h3-6,8,12H,1-2,7,9H2/b13-8+. The Balaban J connectivity index is 1.74. The SMILES string of the molecule is O=C1/C(=C\c2ccc(F)cc2)SC(=S)N1CC1CCCO1. The van der Waals surface area contributed by atoms with Gasteiger partial charge in [0.25, 0.3) is 5.91 Å². The van der Waals surface area contributed by atoms with Crippen LogP contribution in [0.1, 0.15) is 18.4 Å². The fourth-order valence-electron chi connectivity index (χ4n) is 2.36. The Morgan fingerprint density at radius 2 is 2.19 bits per heavy atom. The highest BCUT2D eigenvalue weighted by Crippen LogP contribution is 2.33. The first kappa shape index (κ1) is 14.7. The molecule has 0 saturated carbocycles. The van der Waals surface area contributed by atoms with Crippen molar-refractivity contribution in [3.63, 3.8) is 0 Å². The molecule has 1 amide bonds. The molecule has 1 aromatic rings. The number of thioether (sulfide) groups is 1. The fourth-order valence-corrected chi connectivity index (χ4v) is 3.63. The predicted molar refractivity (Wildman–Crippen MR) is 85.3 cm³/mol. The lowest BCUT2D eigenvalue weighted by molar-refractivity contribution is -0.123. The number of hydrogen-bond acceptors (Lipinski definition) is 4. The molecule has 0 spiro atoms. The summed E-state index contributed by atoms with van der Waals surface area (Å²) in [6, 6.07) is 6.03. The minimum absolute atomic E-state index is 0.0812. The van der Waals surface area contributed by atoms with E-state index in [1.807, 2.05) is 0 Å². The maximum absolute atomic E-state index is 12.9. The number of ether oxygens (including phenoxy) is 1. The topological polar surface area (TPSA) is 29.5 Å². The van der Waals surface area contributed by atoms with Gasteiger partial charge in [-0.1, -0.05) is 36.1 Å². The van der Waals surface area contributed by atoms with Gasteiger partial charge in [0.15, 0.2) is 0 Å². The molecule has 0 radical (unpaired) electrons. The summed E-state index contributed by atoms with van der Waals surface area (Å²) < 4.78 is 19.0. The van der Waals surface area contributed by atoms with Crippen molar-refractivity contribution in [3.05, 3.63) is 40.6 Å². The summed E-state index contributed by atoms with van der Waals surface area (Å²) >= 11 is 6.56. The molecular weight excluding hydrogens is 309 g/mol. The number of benzene rings is 1. The third kappa shape index (κ3) is 3.33. The fraction of sp³-hybridized carbons (Fsp3) is 0.333. The van der Waals surface area contributed by atoms with E-state index in [2.05, 4.69) is 0 Å². The summed E-state index contributed by atoms with van der Waals surface area (Å²) in [6.07, 6.45) is 3.82. The lowest BCUT2D eigenvalue weighted by Crippen LogP contribution is -2.35. The summed E-state index contributed by atoms with van der Waals surface area (Å²) in [6.45, 7) is 1.27. The van der Waals surface area contributed by atoms with Crippen molar-refractivity contribution in [2.45, 2.75) is 18.9 Å². The van der Waals surface area contributed by atoms with Gasteiger partial charge in [-0.15, -0.1) is 0 Å². The van der Waals surface area contributed by atoms with Crippen LogP contribution in [-0.4, -0.2) is 34.4 Å². The number of halogens is 1. The van der Waals surface area contributed by atoms with E-state index in [-0.39, 0.29) is 17.8 Å². The average molecular weight is 323 g/mol. The molecule has 0 aliphatic carbocycles. The van der Waals surface area contributed by atoms with Gasteiger partial charge in [-0.3, -0.25) is 9.69 Å². The van der Waals surface area contributed by atoms with Gasteiger partial charge in [0.2, 0.25) is 0 Å². The predicted octanol–water partition coefficient (Wildman–Crippen LogP) is 3.21. The Hall–Kier alpha value is -1.24. The molecule has 0 aromatic heterocycles. The Bertz CT molecular complexity index is 594.